The van der Waals surface area contributed by atoms with Crippen molar-refractivity contribution >= 4 is 23.3 Å². The second-order valence-electron chi connectivity index (χ2n) is 2.76. The molecule has 1 aromatic carbocycles. The molecular weight excluding hydrogens is 198 g/mol. The molecule has 0 aliphatic carbocycles. The van der Waals surface area contributed by atoms with Gasteiger partial charge in [0, 0.05) is 0 Å². The Bertz CT molecular complexity index is 576. The maximum Gasteiger partial charge on any atom is 0.175 e. The molecule has 0 aliphatic heterocycles. The van der Waals surface area contributed by atoms with Gasteiger partial charge in [-0.3, -0.25) is 0 Å². The molecule has 4 nitrogen and oxygen atoms in total. The number of methoxy groups -OCH3 is 1. The van der Waals surface area contributed by atoms with Gasteiger partial charge in [-0.2, -0.15) is 5.26 Å². The molecular formula is C9H7N3OS. The molecule has 1 aromatic heterocycles. The van der Waals surface area contributed by atoms with E-state index in [0.717, 1.165) is 5.52 Å². The van der Waals surface area contributed by atoms with Crippen LogP contribution in [0.3, 0.4) is 0 Å². The maximum atomic E-state index is 8.96. The normalized spacial score (nSPS) is 10.0. The first-order chi connectivity index (χ1) is 6.76. The molecule has 0 saturated heterocycles. The number of nitriles is 1. The van der Waals surface area contributed by atoms with Crippen LogP contribution in [0.4, 0.5) is 0 Å². The van der Waals surface area contributed by atoms with Gasteiger partial charge in [-0.05, 0) is 24.4 Å². The number of benzene rings is 1. The molecule has 0 fully saturated rings. The molecule has 2 N–H and O–H groups in total. The smallest absolute Gasteiger partial charge is 0.175 e. The molecule has 0 amide bonds. The Morgan fingerprint density at radius 1 is 1.43 bits per heavy atom. The highest BCUT2D eigenvalue weighted by Crippen LogP contribution is 2.24. The van der Waals surface area contributed by atoms with E-state index in [9.17, 15) is 0 Å². The van der Waals surface area contributed by atoms with E-state index in [2.05, 4.69) is 16.0 Å². The zero-order chi connectivity index (χ0) is 10.1. The summed E-state index contributed by atoms with van der Waals surface area (Å²) in [6.07, 6.45) is 0. The minimum atomic E-state index is 0.470. The quantitative estimate of drug-likeness (QED) is 0.701. The minimum Gasteiger partial charge on any atom is -0.495 e. The van der Waals surface area contributed by atoms with Gasteiger partial charge in [0.15, 0.2) is 4.77 Å². The summed E-state index contributed by atoms with van der Waals surface area (Å²) in [5.41, 5.74) is 1.97. The molecule has 0 spiro atoms. The first kappa shape index (κ1) is 8.78. The predicted octanol–water partition coefficient (Wildman–Crippen LogP) is 2.11. The average Bonchev–Trinajstić information content (AvgIpc) is 2.56. The number of aromatic amines is 2. The van der Waals surface area contributed by atoms with E-state index in [4.69, 9.17) is 22.2 Å². The lowest BCUT2D eigenvalue weighted by atomic mass is 10.2. The fraction of sp³-hybridized carbons (Fsp3) is 0.111. The van der Waals surface area contributed by atoms with Gasteiger partial charge in [0.05, 0.1) is 18.1 Å². The third-order valence-electron chi connectivity index (χ3n) is 1.99. The van der Waals surface area contributed by atoms with E-state index in [0.29, 0.717) is 21.6 Å². The van der Waals surface area contributed by atoms with Crippen molar-refractivity contribution in [2.45, 2.75) is 0 Å². The Morgan fingerprint density at radius 2 is 2.21 bits per heavy atom. The van der Waals surface area contributed by atoms with E-state index in [1.54, 1.807) is 6.07 Å². The molecule has 5 heteroatoms. The van der Waals surface area contributed by atoms with E-state index < -0.39 is 0 Å². The zero-order valence-electron chi connectivity index (χ0n) is 7.42. The van der Waals surface area contributed by atoms with Crippen LogP contribution in [0, 0.1) is 16.1 Å². The molecule has 0 saturated carbocycles. The molecule has 1 heterocycles. The number of nitrogens with zero attached hydrogens (tertiary/aromatic N) is 1. The van der Waals surface area contributed by atoms with E-state index in [1.165, 1.54) is 7.11 Å². The number of aromatic nitrogens is 2. The molecule has 2 rings (SSSR count). The monoisotopic (exact) mass is 205 g/mol. The summed E-state index contributed by atoms with van der Waals surface area (Å²) in [6, 6.07) is 5.64. The first-order valence-electron chi connectivity index (χ1n) is 3.95. The summed E-state index contributed by atoms with van der Waals surface area (Å²) in [4.78, 5) is 5.85. The first-order valence-corrected chi connectivity index (χ1v) is 4.36. The summed E-state index contributed by atoms with van der Waals surface area (Å²) in [6.45, 7) is 0. The SMILES string of the molecule is COc1ccc2[nH]c(=S)[nH]c2c1C#N. The number of nitrogens with one attached hydrogen (secondary N) is 2. The summed E-state index contributed by atoms with van der Waals surface area (Å²) in [5.74, 6) is 0.547. The Labute approximate surface area is 85.1 Å². The van der Waals surface area contributed by atoms with Gasteiger partial charge in [-0.25, -0.2) is 0 Å². The Balaban J connectivity index is 2.91. The highest BCUT2D eigenvalue weighted by atomic mass is 32.1. The van der Waals surface area contributed by atoms with Crippen molar-refractivity contribution < 1.29 is 4.74 Å². The Hall–Kier alpha value is -1.80. The predicted molar refractivity (Wildman–Crippen MR) is 54.8 cm³/mol. The van der Waals surface area contributed by atoms with Gasteiger partial charge in [0.2, 0.25) is 0 Å². The topological polar surface area (TPSA) is 64.6 Å². The van der Waals surface area contributed by atoms with Gasteiger partial charge in [-0.1, -0.05) is 0 Å². The lowest BCUT2D eigenvalue weighted by molar-refractivity contribution is 0.414. The molecule has 14 heavy (non-hydrogen) atoms. The fourth-order valence-corrected chi connectivity index (χ4v) is 1.58. The summed E-state index contributed by atoms with van der Waals surface area (Å²) in [5, 5.41) is 8.96. The van der Waals surface area contributed by atoms with Crippen LogP contribution in [0.15, 0.2) is 12.1 Å². The summed E-state index contributed by atoms with van der Waals surface area (Å²) in [7, 11) is 1.53. The highest BCUT2D eigenvalue weighted by Gasteiger charge is 2.08. The molecule has 0 radical (unpaired) electrons. The number of rotatable bonds is 1. The highest BCUT2D eigenvalue weighted by molar-refractivity contribution is 7.71. The molecule has 0 bridgehead atoms. The lowest BCUT2D eigenvalue weighted by Gasteiger charge is -2.01. The molecule has 0 unspecified atom stereocenters. The Morgan fingerprint density at radius 3 is 2.86 bits per heavy atom. The van der Waals surface area contributed by atoms with Crippen LogP contribution in [0.25, 0.3) is 11.0 Å². The third kappa shape index (κ3) is 1.17. The third-order valence-corrected chi connectivity index (χ3v) is 2.19. The average molecular weight is 205 g/mol. The summed E-state index contributed by atoms with van der Waals surface area (Å²) >= 11 is 4.94. The van der Waals surface area contributed by atoms with Crippen molar-refractivity contribution in [1.29, 1.82) is 5.26 Å². The van der Waals surface area contributed by atoms with Crippen LogP contribution in [0.1, 0.15) is 5.56 Å². The number of H-pyrrole nitrogens is 2. The standard InChI is InChI=1S/C9H7N3OS/c1-13-7-3-2-6-8(5(7)4-10)12-9(14)11-6/h2-3H,1H3,(H2,11,12,14). The van der Waals surface area contributed by atoms with E-state index >= 15 is 0 Å². The van der Waals surface area contributed by atoms with Crippen molar-refractivity contribution in [2.75, 3.05) is 7.11 Å². The van der Waals surface area contributed by atoms with Gasteiger partial charge in [-0.15, -0.1) is 0 Å². The lowest BCUT2D eigenvalue weighted by Crippen LogP contribution is -1.88. The molecule has 0 atom stereocenters. The van der Waals surface area contributed by atoms with Crippen molar-refractivity contribution in [2.24, 2.45) is 0 Å². The van der Waals surface area contributed by atoms with Crippen LogP contribution in [0.2, 0.25) is 0 Å². The van der Waals surface area contributed by atoms with E-state index in [-0.39, 0.29) is 0 Å². The van der Waals surface area contributed by atoms with Crippen molar-refractivity contribution in [3.8, 4) is 11.8 Å². The van der Waals surface area contributed by atoms with Crippen molar-refractivity contribution in [3.05, 3.63) is 22.5 Å². The fourth-order valence-electron chi connectivity index (χ4n) is 1.37. The number of ether oxygens (including phenoxy) is 1. The molecule has 0 aliphatic rings. The van der Waals surface area contributed by atoms with Gasteiger partial charge in [0.1, 0.15) is 17.4 Å². The minimum absolute atomic E-state index is 0.470. The Kier molecular flexibility index (Phi) is 1.98. The van der Waals surface area contributed by atoms with Crippen LogP contribution in [0.5, 0.6) is 5.75 Å². The summed E-state index contributed by atoms with van der Waals surface area (Å²) < 4.78 is 5.57. The van der Waals surface area contributed by atoms with Gasteiger partial charge >= 0.3 is 0 Å². The van der Waals surface area contributed by atoms with Crippen molar-refractivity contribution in [1.82, 2.24) is 9.97 Å². The number of hydrogen-bond acceptors (Lipinski definition) is 3. The maximum absolute atomic E-state index is 8.96. The van der Waals surface area contributed by atoms with Gasteiger partial charge < -0.3 is 14.7 Å². The number of imidazole rings is 1. The van der Waals surface area contributed by atoms with E-state index in [1.807, 2.05) is 6.07 Å². The molecule has 70 valence electrons. The van der Waals surface area contributed by atoms with Crippen LogP contribution in [-0.4, -0.2) is 17.1 Å². The van der Waals surface area contributed by atoms with Crippen LogP contribution < -0.4 is 4.74 Å². The van der Waals surface area contributed by atoms with Crippen LogP contribution >= 0.6 is 12.2 Å². The molecule has 2 aromatic rings. The second-order valence-corrected chi connectivity index (χ2v) is 3.16. The van der Waals surface area contributed by atoms with Crippen LogP contribution in [-0.2, 0) is 0 Å². The number of hydrogen-bond donors (Lipinski definition) is 2. The largest absolute Gasteiger partial charge is 0.495 e. The van der Waals surface area contributed by atoms with Gasteiger partial charge in [0.25, 0.3) is 0 Å². The zero-order valence-corrected chi connectivity index (χ0v) is 8.23. The second kappa shape index (κ2) is 3.16. The van der Waals surface area contributed by atoms with Crippen molar-refractivity contribution in [3.63, 3.8) is 0 Å². The number of fused-ring (bicyclic) bond motifs is 1.